The van der Waals surface area contributed by atoms with Crippen molar-refractivity contribution in [2.45, 2.75) is 18.2 Å². The fraction of sp³-hybridized carbons (Fsp3) is 0.286. The van der Waals surface area contributed by atoms with Crippen molar-refractivity contribution in [2.24, 2.45) is 0 Å². The molecule has 1 aliphatic heterocycles. The summed E-state index contributed by atoms with van der Waals surface area (Å²) in [5.74, 6) is 0. The van der Waals surface area contributed by atoms with E-state index in [-0.39, 0.29) is 4.90 Å². The molecule has 0 atom stereocenters. The molecule has 3 aromatic rings. The highest BCUT2D eigenvalue weighted by Gasteiger charge is 2.29. The highest BCUT2D eigenvalue weighted by molar-refractivity contribution is 7.89. The third kappa shape index (κ3) is 4.48. The molecule has 0 N–H and O–H groups in total. The van der Waals surface area contributed by atoms with Gasteiger partial charge in [-0.1, -0.05) is 35.9 Å². The van der Waals surface area contributed by atoms with Gasteiger partial charge >= 0.3 is 0 Å². The first kappa shape index (κ1) is 20.3. The van der Waals surface area contributed by atoms with E-state index in [0.717, 1.165) is 17.2 Å². The Morgan fingerprint density at radius 3 is 2.41 bits per heavy atom. The van der Waals surface area contributed by atoms with Gasteiger partial charge in [-0.2, -0.15) is 4.31 Å². The minimum atomic E-state index is -3.49. The number of halogens is 1. The van der Waals surface area contributed by atoms with E-state index in [1.807, 2.05) is 6.07 Å². The van der Waals surface area contributed by atoms with E-state index in [4.69, 9.17) is 16.6 Å². The predicted molar refractivity (Wildman–Crippen MR) is 119 cm³/mol. The molecule has 0 radical (unpaired) electrons. The molecular weight excluding hydrogens is 426 g/mol. The van der Waals surface area contributed by atoms with Gasteiger partial charge in [0.15, 0.2) is 5.13 Å². The fourth-order valence-corrected chi connectivity index (χ4v) is 5.83. The highest BCUT2D eigenvalue weighted by Crippen LogP contribution is 2.26. The van der Waals surface area contributed by atoms with E-state index in [0.29, 0.717) is 31.2 Å². The van der Waals surface area contributed by atoms with Gasteiger partial charge in [-0.3, -0.25) is 0 Å². The van der Waals surface area contributed by atoms with Crippen molar-refractivity contribution in [3.63, 3.8) is 0 Å². The zero-order valence-electron chi connectivity index (χ0n) is 16.1. The van der Waals surface area contributed by atoms with Gasteiger partial charge in [0.25, 0.3) is 0 Å². The summed E-state index contributed by atoms with van der Waals surface area (Å²) in [5.41, 5.74) is 3.60. The third-order valence-electron chi connectivity index (χ3n) is 5.13. The minimum Gasteiger partial charge on any atom is -0.345 e. The molecule has 8 heteroatoms. The average molecular weight is 448 g/mol. The van der Waals surface area contributed by atoms with Crippen LogP contribution in [0.15, 0.2) is 58.8 Å². The summed E-state index contributed by atoms with van der Waals surface area (Å²) >= 11 is 7.50. The van der Waals surface area contributed by atoms with Gasteiger partial charge in [0, 0.05) is 43.0 Å². The van der Waals surface area contributed by atoms with Crippen LogP contribution in [0.2, 0.25) is 5.02 Å². The molecule has 29 heavy (non-hydrogen) atoms. The van der Waals surface area contributed by atoms with Crippen molar-refractivity contribution in [3.05, 3.63) is 75.8 Å². The van der Waals surface area contributed by atoms with Crippen LogP contribution in [-0.4, -0.2) is 43.9 Å². The molecular formula is C21H22ClN3O2S2. The number of hydrogen-bond donors (Lipinski definition) is 0. The van der Waals surface area contributed by atoms with E-state index < -0.39 is 10.0 Å². The van der Waals surface area contributed by atoms with E-state index >= 15 is 0 Å². The van der Waals surface area contributed by atoms with E-state index in [9.17, 15) is 8.42 Å². The number of hydrogen-bond acceptors (Lipinski definition) is 5. The molecule has 2 heterocycles. The van der Waals surface area contributed by atoms with Crippen molar-refractivity contribution in [1.82, 2.24) is 9.29 Å². The predicted octanol–water partition coefficient (Wildman–Crippen LogP) is 4.21. The maximum Gasteiger partial charge on any atom is 0.243 e. The Labute approximate surface area is 180 Å². The summed E-state index contributed by atoms with van der Waals surface area (Å²) < 4.78 is 27.2. The van der Waals surface area contributed by atoms with Gasteiger partial charge in [0.1, 0.15) is 0 Å². The number of aryl methyl sites for hydroxylation is 1. The Kier molecular flexibility index (Phi) is 5.92. The monoisotopic (exact) mass is 447 g/mol. The fourth-order valence-electron chi connectivity index (χ4n) is 3.40. The molecule has 1 aromatic heterocycles. The molecule has 0 aliphatic carbocycles. The summed E-state index contributed by atoms with van der Waals surface area (Å²) in [4.78, 5) is 7.24. The van der Waals surface area contributed by atoms with Crippen LogP contribution in [0.3, 0.4) is 0 Å². The van der Waals surface area contributed by atoms with Gasteiger partial charge in [0.2, 0.25) is 10.0 Å². The van der Waals surface area contributed by atoms with Gasteiger partial charge < -0.3 is 4.90 Å². The summed E-state index contributed by atoms with van der Waals surface area (Å²) in [5, 5.41) is 3.58. The molecule has 5 nitrogen and oxygen atoms in total. The molecule has 2 aromatic carbocycles. The zero-order valence-corrected chi connectivity index (χ0v) is 18.5. The molecule has 1 fully saturated rings. The van der Waals surface area contributed by atoms with Crippen molar-refractivity contribution >= 4 is 38.1 Å². The van der Waals surface area contributed by atoms with Gasteiger partial charge in [-0.15, -0.1) is 11.3 Å². The second kappa shape index (κ2) is 8.44. The number of aromatic nitrogens is 1. The lowest BCUT2D eigenvalue weighted by atomic mass is 10.1. The summed E-state index contributed by atoms with van der Waals surface area (Å²) in [6, 6.07) is 14.7. The Bertz CT molecular complexity index is 1090. The molecule has 0 saturated carbocycles. The Morgan fingerprint density at radius 1 is 1.03 bits per heavy atom. The van der Waals surface area contributed by atoms with Crippen molar-refractivity contribution in [2.75, 3.05) is 31.1 Å². The molecule has 152 valence electrons. The van der Waals surface area contributed by atoms with Crippen LogP contribution < -0.4 is 4.90 Å². The number of rotatable bonds is 5. The van der Waals surface area contributed by atoms with Crippen LogP contribution >= 0.6 is 22.9 Å². The SMILES string of the molecule is Cc1ccccc1Cc1csc(N2CCN(S(=O)(=O)c3ccc(Cl)cc3)CC2)n1. The lowest BCUT2D eigenvalue weighted by Gasteiger charge is -2.33. The largest absolute Gasteiger partial charge is 0.345 e. The van der Waals surface area contributed by atoms with Gasteiger partial charge in [0.05, 0.1) is 10.6 Å². The lowest BCUT2D eigenvalue weighted by molar-refractivity contribution is 0.384. The first-order valence-electron chi connectivity index (χ1n) is 9.43. The number of sulfonamides is 1. The minimum absolute atomic E-state index is 0.283. The zero-order chi connectivity index (χ0) is 20.4. The molecule has 0 amide bonds. The molecule has 0 bridgehead atoms. The molecule has 4 rings (SSSR count). The van der Waals surface area contributed by atoms with Crippen LogP contribution in [0.1, 0.15) is 16.8 Å². The highest BCUT2D eigenvalue weighted by atomic mass is 35.5. The maximum atomic E-state index is 12.8. The Balaban J connectivity index is 1.40. The van der Waals surface area contributed by atoms with Crippen LogP contribution in [0.5, 0.6) is 0 Å². The van der Waals surface area contributed by atoms with Crippen LogP contribution in [0, 0.1) is 6.92 Å². The first-order chi connectivity index (χ1) is 13.9. The maximum absolute atomic E-state index is 12.8. The van der Waals surface area contributed by atoms with Crippen molar-refractivity contribution in [1.29, 1.82) is 0 Å². The molecule has 1 saturated heterocycles. The third-order valence-corrected chi connectivity index (χ3v) is 8.25. The normalized spacial score (nSPS) is 15.6. The quantitative estimate of drug-likeness (QED) is 0.588. The molecule has 0 unspecified atom stereocenters. The van der Waals surface area contributed by atoms with Crippen LogP contribution in [0.4, 0.5) is 5.13 Å². The number of piperazine rings is 1. The van der Waals surface area contributed by atoms with Crippen LogP contribution in [0.25, 0.3) is 0 Å². The Hall–Kier alpha value is -1.93. The van der Waals surface area contributed by atoms with E-state index in [1.165, 1.54) is 15.4 Å². The lowest BCUT2D eigenvalue weighted by Crippen LogP contribution is -2.48. The topological polar surface area (TPSA) is 53.5 Å². The van der Waals surface area contributed by atoms with E-state index in [2.05, 4.69) is 35.4 Å². The van der Waals surface area contributed by atoms with Gasteiger partial charge in [-0.25, -0.2) is 13.4 Å². The smallest absolute Gasteiger partial charge is 0.243 e. The second-order valence-electron chi connectivity index (χ2n) is 7.07. The average Bonchev–Trinajstić information content (AvgIpc) is 3.19. The number of thiazole rings is 1. The van der Waals surface area contributed by atoms with E-state index in [1.54, 1.807) is 35.6 Å². The summed E-state index contributed by atoms with van der Waals surface area (Å²) in [6.45, 7) is 4.26. The van der Waals surface area contributed by atoms with Crippen molar-refractivity contribution < 1.29 is 8.42 Å². The van der Waals surface area contributed by atoms with Gasteiger partial charge in [-0.05, 0) is 42.3 Å². The summed E-state index contributed by atoms with van der Waals surface area (Å²) in [6.07, 6.45) is 0.814. The Morgan fingerprint density at radius 2 is 1.72 bits per heavy atom. The molecule has 1 aliphatic rings. The number of benzene rings is 2. The molecule has 0 spiro atoms. The first-order valence-corrected chi connectivity index (χ1v) is 12.1. The standard InChI is InChI=1S/C21H22ClN3O2S2/c1-16-4-2-3-5-17(16)14-19-15-28-21(23-19)24-10-12-25(13-11-24)29(26,27)20-8-6-18(22)7-9-20/h2-9,15H,10-14H2,1H3. The van der Waals surface area contributed by atoms with Crippen molar-refractivity contribution in [3.8, 4) is 0 Å². The summed E-state index contributed by atoms with van der Waals surface area (Å²) in [7, 11) is -3.49. The number of nitrogens with zero attached hydrogens (tertiary/aromatic N) is 3. The number of anilines is 1. The van der Waals surface area contributed by atoms with Crippen LogP contribution in [-0.2, 0) is 16.4 Å². The second-order valence-corrected chi connectivity index (χ2v) is 10.3.